The molecule has 0 spiro atoms. The van der Waals surface area contributed by atoms with Crippen LogP contribution in [0.3, 0.4) is 0 Å². The van der Waals surface area contributed by atoms with E-state index in [1.807, 2.05) is 12.3 Å². The number of rotatable bonds is 3. The highest BCUT2D eigenvalue weighted by Gasteiger charge is 2.06. The Morgan fingerprint density at radius 3 is 2.45 bits per heavy atom. The Bertz CT molecular complexity index is 158. The molecule has 0 amide bonds. The van der Waals surface area contributed by atoms with Crippen molar-refractivity contribution in [2.75, 3.05) is 0 Å². The van der Waals surface area contributed by atoms with Gasteiger partial charge in [-0.2, -0.15) is 0 Å². The average molecular weight is 151 g/mol. The molecule has 0 fully saturated rings. The van der Waals surface area contributed by atoms with E-state index in [9.17, 15) is 0 Å². The Balaban J connectivity index is 3.61. The minimum Gasteiger partial charge on any atom is -0.269 e. The first-order valence-corrected chi connectivity index (χ1v) is 3.85. The topological polar surface area (TPSA) is 12.4 Å². The Hall–Kier alpha value is -0.850. The first kappa shape index (κ1) is 10.2. The largest absolute Gasteiger partial charge is 0.269 e. The normalized spacial score (nSPS) is 13.0. The van der Waals surface area contributed by atoms with Gasteiger partial charge in [0.15, 0.2) is 0 Å². The van der Waals surface area contributed by atoms with Crippen molar-refractivity contribution in [3.63, 3.8) is 0 Å². The van der Waals surface area contributed by atoms with E-state index in [4.69, 9.17) is 0 Å². The van der Waals surface area contributed by atoms with Crippen LogP contribution in [-0.2, 0) is 0 Å². The second kappa shape index (κ2) is 4.89. The molecule has 0 aliphatic heterocycles. The van der Waals surface area contributed by atoms with Gasteiger partial charge in [-0.05, 0) is 17.9 Å². The molecule has 0 aliphatic carbocycles. The third-order valence-corrected chi connectivity index (χ3v) is 1.12. The summed E-state index contributed by atoms with van der Waals surface area (Å²) in [6.45, 7) is 10.1. The lowest BCUT2D eigenvalue weighted by Gasteiger charge is -2.13. The monoisotopic (exact) mass is 151 g/mol. The summed E-state index contributed by atoms with van der Waals surface area (Å²) in [7, 11) is 0. The maximum absolute atomic E-state index is 4.07. The van der Waals surface area contributed by atoms with Crippen LogP contribution in [0.1, 0.15) is 27.2 Å². The van der Waals surface area contributed by atoms with E-state index < -0.39 is 0 Å². The van der Waals surface area contributed by atoms with Gasteiger partial charge in [0, 0.05) is 12.4 Å². The molecule has 0 aromatic carbocycles. The predicted molar refractivity (Wildman–Crippen MR) is 51.9 cm³/mol. The summed E-state index contributed by atoms with van der Waals surface area (Å²) in [5.74, 6) is 0. The Morgan fingerprint density at radius 2 is 2.00 bits per heavy atom. The molecule has 0 N–H and O–H groups in total. The van der Waals surface area contributed by atoms with E-state index in [1.165, 1.54) is 0 Å². The van der Waals surface area contributed by atoms with Crippen LogP contribution in [0.25, 0.3) is 0 Å². The van der Waals surface area contributed by atoms with Gasteiger partial charge in [0.1, 0.15) is 0 Å². The molecule has 0 rings (SSSR count). The first-order valence-electron chi connectivity index (χ1n) is 3.85. The van der Waals surface area contributed by atoms with Gasteiger partial charge < -0.3 is 0 Å². The van der Waals surface area contributed by atoms with Gasteiger partial charge in [-0.25, -0.2) is 0 Å². The summed E-state index contributed by atoms with van der Waals surface area (Å²) >= 11 is 0. The minimum absolute atomic E-state index is 0.339. The molecule has 0 aromatic rings. The average Bonchev–Trinajstić information content (AvgIpc) is 1.85. The second-order valence-corrected chi connectivity index (χ2v) is 3.67. The summed E-state index contributed by atoms with van der Waals surface area (Å²) in [6, 6.07) is 0. The maximum Gasteiger partial charge on any atom is 0.0263 e. The Labute approximate surface area is 69.5 Å². The highest BCUT2D eigenvalue weighted by molar-refractivity contribution is 5.58. The third-order valence-electron chi connectivity index (χ3n) is 1.12. The van der Waals surface area contributed by atoms with E-state index in [0.29, 0.717) is 5.41 Å². The molecule has 1 nitrogen and oxygen atoms in total. The zero-order chi connectivity index (χ0) is 8.74. The maximum atomic E-state index is 4.07. The van der Waals surface area contributed by atoms with Gasteiger partial charge in [0.2, 0.25) is 0 Å². The standard InChI is InChI=1S/C10H17N/c1-5-6-8-11-9-7-10(2,3)4/h5-6,8-9H,1,7H2,2-4H3/b8-6-,11-9?. The molecule has 0 bridgehead atoms. The van der Waals surface area contributed by atoms with Crippen LogP contribution >= 0.6 is 0 Å². The molecule has 0 saturated carbocycles. The van der Waals surface area contributed by atoms with Gasteiger partial charge in [-0.15, -0.1) is 0 Å². The SMILES string of the molecule is C=C/C=C\N=CCC(C)(C)C. The van der Waals surface area contributed by atoms with Crippen LogP contribution in [0.5, 0.6) is 0 Å². The summed E-state index contributed by atoms with van der Waals surface area (Å²) in [6.07, 6.45) is 8.22. The molecule has 11 heavy (non-hydrogen) atoms. The lowest BCUT2D eigenvalue weighted by molar-refractivity contribution is 0.437. The fourth-order valence-corrected chi connectivity index (χ4v) is 0.498. The van der Waals surface area contributed by atoms with E-state index in [-0.39, 0.29) is 0 Å². The molecule has 0 aliphatic rings. The lowest BCUT2D eigenvalue weighted by atomic mass is 9.93. The van der Waals surface area contributed by atoms with Crippen LogP contribution in [0, 0.1) is 5.41 Å². The van der Waals surface area contributed by atoms with Crippen molar-refractivity contribution in [1.29, 1.82) is 0 Å². The van der Waals surface area contributed by atoms with Gasteiger partial charge in [-0.1, -0.05) is 33.4 Å². The Morgan fingerprint density at radius 1 is 1.36 bits per heavy atom. The summed E-state index contributed by atoms with van der Waals surface area (Å²) in [5.41, 5.74) is 0.339. The molecule has 0 radical (unpaired) electrons. The molecule has 0 atom stereocenters. The van der Waals surface area contributed by atoms with Gasteiger partial charge >= 0.3 is 0 Å². The van der Waals surface area contributed by atoms with Crippen molar-refractivity contribution < 1.29 is 0 Å². The number of hydrogen-bond acceptors (Lipinski definition) is 1. The molecule has 62 valence electrons. The van der Waals surface area contributed by atoms with Gasteiger partial charge in [0.25, 0.3) is 0 Å². The van der Waals surface area contributed by atoms with Crippen molar-refractivity contribution in [3.8, 4) is 0 Å². The molecule has 0 heterocycles. The van der Waals surface area contributed by atoms with E-state index in [1.54, 1.807) is 12.3 Å². The first-order chi connectivity index (χ1) is 5.06. The third kappa shape index (κ3) is 9.15. The zero-order valence-electron chi connectivity index (χ0n) is 7.67. The van der Waals surface area contributed by atoms with Crippen LogP contribution in [0.2, 0.25) is 0 Å². The van der Waals surface area contributed by atoms with Crippen LogP contribution in [0.15, 0.2) is 29.9 Å². The summed E-state index contributed by atoms with van der Waals surface area (Å²) < 4.78 is 0. The summed E-state index contributed by atoms with van der Waals surface area (Å²) in [4.78, 5) is 4.07. The van der Waals surface area contributed by atoms with Gasteiger partial charge in [0.05, 0.1) is 0 Å². The lowest BCUT2D eigenvalue weighted by Crippen LogP contribution is -2.04. The van der Waals surface area contributed by atoms with E-state index >= 15 is 0 Å². The van der Waals surface area contributed by atoms with Crippen LogP contribution in [0.4, 0.5) is 0 Å². The van der Waals surface area contributed by atoms with E-state index in [0.717, 1.165) is 6.42 Å². The smallest absolute Gasteiger partial charge is 0.0263 e. The van der Waals surface area contributed by atoms with Crippen molar-refractivity contribution in [2.24, 2.45) is 10.4 Å². The summed E-state index contributed by atoms with van der Waals surface area (Å²) in [5, 5.41) is 0. The molecule has 0 unspecified atom stereocenters. The van der Waals surface area contributed by atoms with Crippen molar-refractivity contribution >= 4 is 6.21 Å². The second-order valence-electron chi connectivity index (χ2n) is 3.67. The minimum atomic E-state index is 0.339. The van der Waals surface area contributed by atoms with Crippen molar-refractivity contribution in [2.45, 2.75) is 27.2 Å². The fraction of sp³-hybridized carbons (Fsp3) is 0.500. The predicted octanol–water partition coefficient (Wildman–Crippen LogP) is 3.19. The molecule has 0 saturated heterocycles. The quantitative estimate of drug-likeness (QED) is 0.434. The number of nitrogens with zero attached hydrogens (tertiary/aromatic N) is 1. The highest BCUT2D eigenvalue weighted by Crippen LogP contribution is 2.15. The van der Waals surface area contributed by atoms with Crippen molar-refractivity contribution in [1.82, 2.24) is 0 Å². The van der Waals surface area contributed by atoms with Crippen LogP contribution in [-0.4, -0.2) is 6.21 Å². The zero-order valence-corrected chi connectivity index (χ0v) is 7.67. The Kier molecular flexibility index (Phi) is 4.51. The molecular formula is C10H17N. The number of aliphatic imine (C=N–C) groups is 1. The number of hydrogen-bond donors (Lipinski definition) is 0. The molecular weight excluding hydrogens is 134 g/mol. The number of allylic oxidation sites excluding steroid dienone is 2. The highest BCUT2D eigenvalue weighted by atomic mass is 14.7. The van der Waals surface area contributed by atoms with Gasteiger partial charge in [-0.3, -0.25) is 4.99 Å². The van der Waals surface area contributed by atoms with E-state index in [2.05, 4.69) is 32.3 Å². The molecule has 0 aromatic heterocycles. The fourth-order valence-electron chi connectivity index (χ4n) is 0.498. The van der Waals surface area contributed by atoms with Crippen LogP contribution < -0.4 is 0 Å². The van der Waals surface area contributed by atoms with Crippen molar-refractivity contribution in [3.05, 3.63) is 24.9 Å². The molecule has 1 heteroatoms.